The molecule has 0 aliphatic rings. The molecule has 102 valence electrons. The molecule has 2 aromatic rings. The van der Waals surface area contributed by atoms with Gasteiger partial charge in [0.25, 0.3) is 0 Å². The zero-order valence-corrected chi connectivity index (χ0v) is 12.6. The van der Waals surface area contributed by atoms with E-state index in [-0.39, 0.29) is 6.10 Å². The van der Waals surface area contributed by atoms with E-state index in [4.69, 9.17) is 4.74 Å². The van der Waals surface area contributed by atoms with Crippen LogP contribution in [0.25, 0.3) is 0 Å². The average Bonchev–Trinajstić information content (AvgIpc) is 2.86. The smallest absolute Gasteiger partial charge is 0.128 e. The standard InChI is InChI=1S/C14H19N3OS/c1-10-6-5-7-13(15-10)17(3)8-12-9-19-14(16-12)11(2)18-4/h5-7,9,11H,8H2,1-4H3. The van der Waals surface area contributed by atoms with Crippen LogP contribution < -0.4 is 4.90 Å². The van der Waals surface area contributed by atoms with Gasteiger partial charge in [0.05, 0.1) is 12.2 Å². The summed E-state index contributed by atoms with van der Waals surface area (Å²) in [5, 5.41) is 3.10. The molecule has 0 N–H and O–H groups in total. The van der Waals surface area contributed by atoms with Crippen LogP contribution in [0.3, 0.4) is 0 Å². The first-order valence-electron chi connectivity index (χ1n) is 6.22. The minimum Gasteiger partial charge on any atom is -0.375 e. The van der Waals surface area contributed by atoms with Gasteiger partial charge in [0.15, 0.2) is 0 Å². The van der Waals surface area contributed by atoms with E-state index < -0.39 is 0 Å². The molecule has 0 radical (unpaired) electrons. The van der Waals surface area contributed by atoms with E-state index in [1.165, 1.54) is 0 Å². The van der Waals surface area contributed by atoms with Gasteiger partial charge in [0.2, 0.25) is 0 Å². The maximum absolute atomic E-state index is 5.28. The van der Waals surface area contributed by atoms with Gasteiger partial charge in [-0.3, -0.25) is 0 Å². The number of thiazole rings is 1. The summed E-state index contributed by atoms with van der Waals surface area (Å²) >= 11 is 1.64. The number of ether oxygens (including phenoxy) is 1. The van der Waals surface area contributed by atoms with Crippen LogP contribution in [0.4, 0.5) is 5.82 Å². The highest BCUT2D eigenvalue weighted by molar-refractivity contribution is 7.09. The van der Waals surface area contributed by atoms with Crippen LogP contribution in [0, 0.1) is 6.92 Å². The Labute approximate surface area is 118 Å². The molecule has 0 fully saturated rings. The van der Waals surface area contributed by atoms with Gasteiger partial charge in [-0.05, 0) is 26.0 Å². The lowest BCUT2D eigenvalue weighted by molar-refractivity contribution is 0.119. The van der Waals surface area contributed by atoms with Gasteiger partial charge >= 0.3 is 0 Å². The molecule has 0 amide bonds. The van der Waals surface area contributed by atoms with Crippen molar-refractivity contribution in [1.29, 1.82) is 0 Å². The van der Waals surface area contributed by atoms with Crippen LogP contribution in [0.2, 0.25) is 0 Å². The lowest BCUT2D eigenvalue weighted by atomic mass is 10.3. The number of aromatic nitrogens is 2. The highest BCUT2D eigenvalue weighted by Crippen LogP contribution is 2.21. The summed E-state index contributed by atoms with van der Waals surface area (Å²) in [6.07, 6.45) is 0.0566. The van der Waals surface area contributed by atoms with E-state index >= 15 is 0 Å². The molecule has 5 heteroatoms. The van der Waals surface area contributed by atoms with E-state index in [9.17, 15) is 0 Å². The zero-order chi connectivity index (χ0) is 13.8. The van der Waals surface area contributed by atoms with Gasteiger partial charge in [-0.15, -0.1) is 11.3 Å². The minimum atomic E-state index is 0.0566. The number of anilines is 1. The first kappa shape index (κ1) is 14.0. The second kappa shape index (κ2) is 6.12. The Morgan fingerprint density at radius 2 is 2.16 bits per heavy atom. The number of rotatable bonds is 5. The SMILES string of the molecule is COC(C)c1nc(CN(C)c2cccc(C)n2)cs1. The number of pyridine rings is 1. The van der Waals surface area contributed by atoms with Crippen LogP contribution in [0.1, 0.15) is 29.4 Å². The molecule has 19 heavy (non-hydrogen) atoms. The normalized spacial score (nSPS) is 12.4. The monoisotopic (exact) mass is 277 g/mol. The molecule has 4 nitrogen and oxygen atoms in total. The van der Waals surface area contributed by atoms with E-state index in [2.05, 4.69) is 20.2 Å². The van der Waals surface area contributed by atoms with E-state index in [1.54, 1.807) is 18.4 Å². The zero-order valence-electron chi connectivity index (χ0n) is 11.8. The molecular weight excluding hydrogens is 258 g/mol. The first-order valence-corrected chi connectivity index (χ1v) is 7.10. The summed E-state index contributed by atoms with van der Waals surface area (Å²) in [5.41, 5.74) is 2.08. The van der Waals surface area contributed by atoms with Crippen molar-refractivity contribution in [2.24, 2.45) is 0 Å². The number of hydrogen-bond donors (Lipinski definition) is 0. The summed E-state index contributed by atoms with van der Waals surface area (Å²) in [6.45, 7) is 4.76. The van der Waals surface area contributed by atoms with Gasteiger partial charge in [0, 0.05) is 25.2 Å². The molecule has 0 aliphatic carbocycles. The lowest BCUT2D eigenvalue weighted by Gasteiger charge is -2.17. The van der Waals surface area contributed by atoms with Crippen molar-refractivity contribution in [1.82, 2.24) is 9.97 Å². The van der Waals surface area contributed by atoms with Crippen LogP contribution in [0.15, 0.2) is 23.6 Å². The topological polar surface area (TPSA) is 38.2 Å². The molecule has 0 aromatic carbocycles. The Morgan fingerprint density at radius 1 is 1.37 bits per heavy atom. The van der Waals surface area contributed by atoms with Crippen molar-refractivity contribution in [3.8, 4) is 0 Å². The summed E-state index contributed by atoms with van der Waals surface area (Å²) in [6, 6.07) is 6.03. The van der Waals surface area contributed by atoms with Crippen molar-refractivity contribution in [2.75, 3.05) is 19.1 Å². The maximum Gasteiger partial charge on any atom is 0.128 e. The molecule has 2 heterocycles. The summed E-state index contributed by atoms with van der Waals surface area (Å²) in [5.74, 6) is 0.967. The van der Waals surface area contributed by atoms with Crippen molar-refractivity contribution in [2.45, 2.75) is 26.5 Å². The second-order valence-corrected chi connectivity index (χ2v) is 5.44. The van der Waals surface area contributed by atoms with Crippen molar-refractivity contribution in [3.05, 3.63) is 40.0 Å². The van der Waals surface area contributed by atoms with Gasteiger partial charge in [-0.1, -0.05) is 6.07 Å². The number of hydrogen-bond acceptors (Lipinski definition) is 5. The summed E-state index contributed by atoms with van der Waals surface area (Å²) in [7, 11) is 3.73. The highest BCUT2D eigenvalue weighted by atomic mass is 32.1. The number of methoxy groups -OCH3 is 1. The molecule has 2 rings (SSSR count). The Balaban J connectivity index is 2.06. The Hall–Kier alpha value is -1.46. The number of aryl methyl sites for hydroxylation is 1. The fourth-order valence-electron chi connectivity index (χ4n) is 1.75. The molecular formula is C14H19N3OS. The van der Waals surface area contributed by atoms with Gasteiger partial charge in [0.1, 0.15) is 16.9 Å². The lowest BCUT2D eigenvalue weighted by Crippen LogP contribution is -2.18. The molecule has 0 bridgehead atoms. The largest absolute Gasteiger partial charge is 0.375 e. The first-order chi connectivity index (χ1) is 9.10. The quantitative estimate of drug-likeness (QED) is 0.841. The molecule has 2 aromatic heterocycles. The van der Waals surface area contributed by atoms with Crippen molar-refractivity contribution < 1.29 is 4.74 Å². The highest BCUT2D eigenvalue weighted by Gasteiger charge is 2.11. The third-order valence-corrected chi connectivity index (χ3v) is 3.99. The Bertz CT molecular complexity index is 541. The van der Waals surface area contributed by atoms with Crippen LogP contribution in [-0.2, 0) is 11.3 Å². The fourth-order valence-corrected chi connectivity index (χ4v) is 2.59. The Morgan fingerprint density at radius 3 is 2.84 bits per heavy atom. The van der Waals surface area contributed by atoms with E-state index in [0.717, 1.165) is 28.8 Å². The van der Waals surface area contributed by atoms with Crippen molar-refractivity contribution >= 4 is 17.2 Å². The Kier molecular flexibility index (Phi) is 4.50. The number of nitrogens with zero attached hydrogens (tertiary/aromatic N) is 3. The van der Waals surface area contributed by atoms with Gasteiger partial charge < -0.3 is 9.64 Å². The van der Waals surface area contributed by atoms with Gasteiger partial charge in [-0.2, -0.15) is 0 Å². The van der Waals surface area contributed by atoms with E-state index in [1.807, 2.05) is 39.1 Å². The average molecular weight is 277 g/mol. The summed E-state index contributed by atoms with van der Waals surface area (Å²) in [4.78, 5) is 11.2. The second-order valence-electron chi connectivity index (χ2n) is 4.55. The maximum atomic E-state index is 5.28. The third kappa shape index (κ3) is 3.52. The summed E-state index contributed by atoms with van der Waals surface area (Å²) < 4.78 is 5.28. The van der Waals surface area contributed by atoms with Crippen LogP contribution in [-0.4, -0.2) is 24.1 Å². The molecule has 0 aliphatic heterocycles. The molecule has 0 saturated carbocycles. The van der Waals surface area contributed by atoms with Crippen LogP contribution >= 0.6 is 11.3 Å². The molecule has 1 unspecified atom stereocenters. The van der Waals surface area contributed by atoms with E-state index in [0.29, 0.717) is 0 Å². The molecule has 1 atom stereocenters. The molecule has 0 spiro atoms. The van der Waals surface area contributed by atoms with Crippen molar-refractivity contribution in [3.63, 3.8) is 0 Å². The predicted octanol–water partition coefficient (Wildman–Crippen LogP) is 3.19. The van der Waals surface area contributed by atoms with Crippen LogP contribution in [0.5, 0.6) is 0 Å². The fraction of sp³-hybridized carbons (Fsp3) is 0.429. The predicted molar refractivity (Wildman–Crippen MR) is 78.6 cm³/mol. The molecule has 0 saturated heterocycles. The third-order valence-electron chi connectivity index (χ3n) is 2.93. The van der Waals surface area contributed by atoms with Gasteiger partial charge in [-0.25, -0.2) is 9.97 Å². The minimum absolute atomic E-state index is 0.0566.